The van der Waals surface area contributed by atoms with Gasteiger partial charge in [0.1, 0.15) is 12.1 Å². The SMILES string of the molecule is CC(C)=CCCC(C)=CCC(=O)CCC=O. The van der Waals surface area contributed by atoms with Crippen LogP contribution in [0.5, 0.6) is 0 Å². The van der Waals surface area contributed by atoms with Crippen LogP contribution in [-0.4, -0.2) is 12.1 Å². The van der Waals surface area contributed by atoms with E-state index in [4.69, 9.17) is 0 Å². The predicted octanol–water partition coefficient (Wildman–Crippen LogP) is 3.62. The molecule has 0 aliphatic carbocycles. The fourth-order valence-corrected chi connectivity index (χ4v) is 1.30. The first kappa shape index (κ1) is 14.8. The second-order valence-corrected chi connectivity index (χ2v) is 4.32. The van der Waals surface area contributed by atoms with Gasteiger partial charge in [-0.1, -0.05) is 23.3 Å². The molecule has 0 aliphatic heterocycles. The van der Waals surface area contributed by atoms with Crippen LogP contribution in [-0.2, 0) is 9.59 Å². The zero-order valence-electron chi connectivity index (χ0n) is 10.6. The molecular formula is C14H22O2. The highest BCUT2D eigenvalue weighted by atomic mass is 16.1. The van der Waals surface area contributed by atoms with Crippen molar-refractivity contribution in [3.63, 3.8) is 0 Å². The molecule has 0 heterocycles. The van der Waals surface area contributed by atoms with Crippen LogP contribution < -0.4 is 0 Å². The number of ketones is 1. The van der Waals surface area contributed by atoms with Gasteiger partial charge in [0.05, 0.1) is 0 Å². The maximum Gasteiger partial charge on any atom is 0.137 e. The summed E-state index contributed by atoms with van der Waals surface area (Å²) in [7, 11) is 0. The molecule has 0 saturated heterocycles. The number of carbonyl (C=O) groups excluding carboxylic acids is 2. The van der Waals surface area contributed by atoms with E-state index in [9.17, 15) is 9.59 Å². The molecule has 0 atom stereocenters. The molecule has 0 saturated carbocycles. The molecule has 0 unspecified atom stereocenters. The Bertz CT molecular complexity index is 281. The number of hydrogen-bond acceptors (Lipinski definition) is 2. The highest BCUT2D eigenvalue weighted by Crippen LogP contribution is 2.08. The predicted molar refractivity (Wildman–Crippen MR) is 67.3 cm³/mol. The van der Waals surface area contributed by atoms with Gasteiger partial charge in [0.25, 0.3) is 0 Å². The summed E-state index contributed by atoms with van der Waals surface area (Å²) in [6, 6.07) is 0. The van der Waals surface area contributed by atoms with E-state index in [1.807, 2.05) is 13.0 Å². The zero-order valence-corrected chi connectivity index (χ0v) is 10.6. The van der Waals surface area contributed by atoms with E-state index in [0.717, 1.165) is 19.1 Å². The van der Waals surface area contributed by atoms with Crippen LogP contribution in [0.25, 0.3) is 0 Å². The Morgan fingerprint density at radius 3 is 2.25 bits per heavy atom. The Labute approximate surface area is 98.4 Å². The van der Waals surface area contributed by atoms with E-state index >= 15 is 0 Å². The van der Waals surface area contributed by atoms with Crippen LogP contribution in [0.4, 0.5) is 0 Å². The van der Waals surface area contributed by atoms with Crippen molar-refractivity contribution in [1.82, 2.24) is 0 Å². The van der Waals surface area contributed by atoms with Crippen LogP contribution in [0.1, 0.15) is 52.9 Å². The summed E-state index contributed by atoms with van der Waals surface area (Å²) in [5.41, 5.74) is 2.58. The van der Waals surface area contributed by atoms with Gasteiger partial charge in [0.2, 0.25) is 0 Å². The highest BCUT2D eigenvalue weighted by Gasteiger charge is 1.98. The molecule has 0 aromatic heterocycles. The Hall–Kier alpha value is -1.18. The van der Waals surface area contributed by atoms with E-state index in [1.54, 1.807) is 0 Å². The lowest BCUT2D eigenvalue weighted by atomic mass is 10.1. The Morgan fingerprint density at radius 2 is 1.69 bits per heavy atom. The molecule has 0 rings (SSSR count). The largest absolute Gasteiger partial charge is 0.303 e. The van der Waals surface area contributed by atoms with Gasteiger partial charge in [-0.05, 0) is 33.6 Å². The average Bonchev–Trinajstić information content (AvgIpc) is 2.23. The first-order chi connectivity index (χ1) is 7.56. The quantitative estimate of drug-likeness (QED) is 0.464. The third-order valence-corrected chi connectivity index (χ3v) is 2.31. The third-order valence-electron chi connectivity index (χ3n) is 2.31. The Balaban J connectivity index is 3.81. The van der Waals surface area contributed by atoms with Crippen LogP contribution in [0.15, 0.2) is 23.3 Å². The summed E-state index contributed by atoms with van der Waals surface area (Å²) in [5.74, 6) is 0.147. The number of rotatable bonds is 8. The summed E-state index contributed by atoms with van der Waals surface area (Å²) in [4.78, 5) is 21.4. The molecule has 0 N–H and O–H groups in total. The molecular weight excluding hydrogens is 200 g/mol. The first-order valence-electron chi connectivity index (χ1n) is 5.80. The van der Waals surface area contributed by atoms with E-state index in [-0.39, 0.29) is 5.78 Å². The maximum atomic E-state index is 11.3. The van der Waals surface area contributed by atoms with Crippen molar-refractivity contribution in [3.8, 4) is 0 Å². The minimum absolute atomic E-state index is 0.147. The van der Waals surface area contributed by atoms with Crippen LogP contribution in [0.2, 0.25) is 0 Å². The average molecular weight is 222 g/mol. The van der Waals surface area contributed by atoms with E-state index in [1.165, 1.54) is 11.1 Å². The van der Waals surface area contributed by atoms with Gasteiger partial charge in [-0.25, -0.2) is 0 Å². The smallest absolute Gasteiger partial charge is 0.137 e. The summed E-state index contributed by atoms with van der Waals surface area (Å²) in [6.45, 7) is 6.22. The van der Waals surface area contributed by atoms with Gasteiger partial charge in [0, 0.05) is 19.3 Å². The molecule has 0 radical (unpaired) electrons. The van der Waals surface area contributed by atoms with Crippen molar-refractivity contribution in [2.75, 3.05) is 0 Å². The molecule has 0 aromatic rings. The first-order valence-corrected chi connectivity index (χ1v) is 5.80. The third kappa shape index (κ3) is 9.38. The number of carbonyl (C=O) groups is 2. The molecule has 0 spiro atoms. The van der Waals surface area contributed by atoms with Gasteiger partial charge in [-0.3, -0.25) is 4.79 Å². The second-order valence-electron chi connectivity index (χ2n) is 4.32. The number of aldehydes is 1. The van der Waals surface area contributed by atoms with Crippen LogP contribution >= 0.6 is 0 Å². The van der Waals surface area contributed by atoms with Crippen molar-refractivity contribution in [2.45, 2.75) is 52.9 Å². The number of hydrogen-bond donors (Lipinski definition) is 0. The molecule has 0 aromatic carbocycles. The van der Waals surface area contributed by atoms with E-state index in [0.29, 0.717) is 19.3 Å². The number of Topliss-reactive ketones (excluding diaryl/α,β-unsaturated/α-hetero) is 1. The zero-order chi connectivity index (χ0) is 12.4. The molecule has 0 bridgehead atoms. The lowest BCUT2D eigenvalue weighted by molar-refractivity contribution is -0.120. The summed E-state index contributed by atoms with van der Waals surface area (Å²) in [6.07, 6.45) is 8.21. The van der Waals surface area contributed by atoms with Crippen molar-refractivity contribution in [1.29, 1.82) is 0 Å². The summed E-state index contributed by atoms with van der Waals surface area (Å²) in [5, 5.41) is 0. The molecule has 2 nitrogen and oxygen atoms in total. The van der Waals surface area contributed by atoms with E-state index < -0.39 is 0 Å². The summed E-state index contributed by atoms with van der Waals surface area (Å²) >= 11 is 0. The Morgan fingerprint density at radius 1 is 1.00 bits per heavy atom. The minimum Gasteiger partial charge on any atom is -0.303 e. The second kappa shape index (κ2) is 9.08. The molecule has 90 valence electrons. The molecule has 2 heteroatoms. The maximum absolute atomic E-state index is 11.3. The standard InChI is InChI=1S/C14H22O2/c1-12(2)6-4-7-13(3)9-10-14(16)8-5-11-15/h6,9,11H,4-5,7-8,10H2,1-3H3. The van der Waals surface area contributed by atoms with Crippen molar-refractivity contribution >= 4 is 12.1 Å². The van der Waals surface area contributed by atoms with Crippen LogP contribution in [0, 0.1) is 0 Å². The normalized spacial score (nSPS) is 11.1. The van der Waals surface area contributed by atoms with Crippen LogP contribution in [0.3, 0.4) is 0 Å². The van der Waals surface area contributed by atoms with Gasteiger partial charge in [0.15, 0.2) is 0 Å². The van der Waals surface area contributed by atoms with Gasteiger partial charge >= 0.3 is 0 Å². The molecule has 0 amide bonds. The molecule has 16 heavy (non-hydrogen) atoms. The van der Waals surface area contributed by atoms with Gasteiger partial charge in [-0.2, -0.15) is 0 Å². The van der Waals surface area contributed by atoms with Crippen molar-refractivity contribution in [2.24, 2.45) is 0 Å². The molecule has 0 aliphatic rings. The Kier molecular flexibility index (Phi) is 8.41. The lowest BCUT2D eigenvalue weighted by Crippen LogP contribution is -1.96. The lowest BCUT2D eigenvalue weighted by Gasteiger charge is -1.99. The monoisotopic (exact) mass is 222 g/mol. The fraction of sp³-hybridized carbons (Fsp3) is 0.571. The van der Waals surface area contributed by atoms with Crippen molar-refractivity contribution in [3.05, 3.63) is 23.3 Å². The fourth-order valence-electron chi connectivity index (χ4n) is 1.30. The topological polar surface area (TPSA) is 34.1 Å². The van der Waals surface area contributed by atoms with Crippen molar-refractivity contribution < 1.29 is 9.59 Å². The summed E-state index contributed by atoms with van der Waals surface area (Å²) < 4.78 is 0. The van der Waals surface area contributed by atoms with Gasteiger partial charge in [-0.15, -0.1) is 0 Å². The minimum atomic E-state index is 0.147. The van der Waals surface area contributed by atoms with Gasteiger partial charge < -0.3 is 4.79 Å². The highest BCUT2D eigenvalue weighted by molar-refractivity contribution is 5.81. The van der Waals surface area contributed by atoms with E-state index in [2.05, 4.69) is 19.9 Å². The molecule has 0 fully saturated rings. The number of allylic oxidation sites excluding steroid dienone is 4.